The van der Waals surface area contributed by atoms with Crippen LogP contribution in [0.1, 0.15) is 0 Å². The number of hydrogen-bond acceptors (Lipinski definition) is 3. The maximum absolute atomic E-state index is 11.2. The lowest BCUT2D eigenvalue weighted by molar-refractivity contribution is 0.415. The molecule has 1 heterocycles. The van der Waals surface area contributed by atoms with E-state index in [1.165, 1.54) is 7.11 Å². The molecule has 1 aromatic heterocycles. The van der Waals surface area contributed by atoms with Gasteiger partial charge in [0.2, 0.25) is 0 Å². The minimum absolute atomic E-state index is 0.212. The molecule has 0 unspecified atom stereocenters. The van der Waals surface area contributed by atoms with Crippen molar-refractivity contribution in [3.63, 3.8) is 0 Å². The van der Waals surface area contributed by atoms with Crippen LogP contribution in [0.4, 0.5) is 0 Å². The number of pyridine rings is 1. The van der Waals surface area contributed by atoms with E-state index in [0.717, 1.165) is 0 Å². The second-order valence-corrected chi connectivity index (χ2v) is 3.41. The van der Waals surface area contributed by atoms with Crippen molar-refractivity contribution in [2.45, 2.75) is 0 Å². The molecule has 1 aromatic carbocycles. The number of H-pyrrole nitrogens is 1. The summed E-state index contributed by atoms with van der Waals surface area (Å²) in [6.07, 6.45) is 0. The van der Waals surface area contributed by atoms with E-state index in [1.807, 2.05) is 0 Å². The fourth-order valence-electron chi connectivity index (χ4n) is 1.36. The highest BCUT2D eigenvalue weighted by molar-refractivity contribution is 6.32. The number of ether oxygens (including phenoxy) is 1. The lowest BCUT2D eigenvalue weighted by Gasteiger charge is -2.04. The molecule has 0 bridgehead atoms. The monoisotopic (exact) mass is 225 g/mol. The Bertz CT molecular complexity index is 577. The van der Waals surface area contributed by atoms with Crippen LogP contribution in [0, 0.1) is 0 Å². The van der Waals surface area contributed by atoms with Crippen LogP contribution in [0.2, 0.25) is 5.02 Å². The van der Waals surface area contributed by atoms with Crippen molar-refractivity contribution in [2.75, 3.05) is 7.11 Å². The maximum Gasteiger partial charge on any atom is 0.271 e. The van der Waals surface area contributed by atoms with Crippen LogP contribution in [-0.2, 0) is 0 Å². The van der Waals surface area contributed by atoms with Crippen molar-refractivity contribution in [2.24, 2.45) is 0 Å². The van der Waals surface area contributed by atoms with E-state index in [2.05, 4.69) is 4.98 Å². The first-order chi connectivity index (χ1) is 7.13. The predicted octanol–water partition coefficient (Wildman–Crippen LogP) is 1.90. The number of nitrogens with one attached hydrogen (secondary N) is 1. The van der Waals surface area contributed by atoms with E-state index in [4.69, 9.17) is 16.3 Å². The summed E-state index contributed by atoms with van der Waals surface area (Å²) in [7, 11) is 1.52. The largest absolute Gasteiger partial charge is 0.505 e. The average Bonchev–Trinajstić information content (AvgIpc) is 2.26. The second kappa shape index (κ2) is 3.47. The Morgan fingerprint density at radius 2 is 2.20 bits per heavy atom. The zero-order chi connectivity index (χ0) is 11.0. The molecule has 0 saturated heterocycles. The molecule has 0 aliphatic heterocycles. The van der Waals surface area contributed by atoms with Gasteiger partial charge in [0.25, 0.3) is 5.56 Å². The molecule has 0 aliphatic rings. The minimum atomic E-state index is -0.508. The molecule has 4 nitrogen and oxygen atoms in total. The second-order valence-electron chi connectivity index (χ2n) is 3.03. The first-order valence-electron chi connectivity index (χ1n) is 4.22. The molecule has 0 amide bonds. The number of halogens is 1. The molecule has 2 rings (SSSR count). The van der Waals surface area contributed by atoms with Gasteiger partial charge in [0, 0.05) is 5.39 Å². The lowest BCUT2D eigenvalue weighted by Crippen LogP contribution is -2.06. The van der Waals surface area contributed by atoms with E-state index in [1.54, 1.807) is 18.2 Å². The van der Waals surface area contributed by atoms with Gasteiger partial charge in [-0.2, -0.15) is 0 Å². The van der Waals surface area contributed by atoms with Gasteiger partial charge in [0.1, 0.15) is 16.5 Å². The number of hydrogen-bond donors (Lipinski definition) is 2. The number of fused-ring (bicyclic) bond motifs is 1. The van der Waals surface area contributed by atoms with E-state index >= 15 is 0 Å². The summed E-state index contributed by atoms with van der Waals surface area (Å²) in [5, 5.41) is 9.90. The van der Waals surface area contributed by atoms with Gasteiger partial charge >= 0.3 is 0 Å². The first-order valence-corrected chi connectivity index (χ1v) is 4.60. The van der Waals surface area contributed by atoms with E-state index in [9.17, 15) is 9.90 Å². The zero-order valence-electron chi connectivity index (χ0n) is 7.87. The standard InChI is InChI=1S/C10H8ClNO3/c1-15-5-2-3-7-6(4-5)9(13)8(11)10(14)12-7/h2-4H,1H3,(H2,12,13,14). The molecule has 0 radical (unpaired) electrons. The summed E-state index contributed by atoms with van der Waals surface area (Å²) < 4.78 is 5.00. The number of benzene rings is 1. The fourth-order valence-corrected chi connectivity index (χ4v) is 1.51. The molecule has 2 aromatic rings. The van der Waals surface area contributed by atoms with E-state index in [-0.39, 0.29) is 10.8 Å². The Morgan fingerprint density at radius 1 is 1.47 bits per heavy atom. The van der Waals surface area contributed by atoms with Gasteiger partial charge in [-0.25, -0.2) is 0 Å². The summed E-state index contributed by atoms with van der Waals surface area (Å²) in [5.74, 6) is 0.357. The van der Waals surface area contributed by atoms with Gasteiger partial charge in [-0.1, -0.05) is 11.6 Å². The van der Waals surface area contributed by atoms with Gasteiger partial charge < -0.3 is 14.8 Å². The summed E-state index contributed by atoms with van der Waals surface area (Å²) in [5.41, 5.74) is 0.00883. The highest BCUT2D eigenvalue weighted by atomic mass is 35.5. The SMILES string of the molecule is COc1ccc2[nH]c(=O)c(Cl)c(O)c2c1. The Labute approximate surface area is 90.1 Å². The summed E-state index contributed by atoms with van der Waals surface area (Å²) in [6, 6.07) is 4.93. The van der Waals surface area contributed by atoms with Crippen molar-refractivity contribution in [1.29, 1.82) is 0 Å². The number of aromatic nitrogens is 1. The van der Waals surface area contributed by atoms with Crippen molar-refractivity contribution >= 4 is 22.5 Å². The van der Waals surface area contributed by atoms with Crippen LogP contribution in [0.5, 0.6) is 11.5 Å². The molecule has 78 valence electrons. The predicted molar refractivity (Wildman–Crippen MR) is 57.8 cm³/mol. The van der Waals surface area contributed by atoms with Crippen molar-refractivity contribution < 1.29 is 9.84 Å². The van der Waals surface area contributed by atoms with Gasteiger partial charge in [-0.3, -0.25) is 4.79 Å². The third-order valence-corrected chi connectivity index (χ3v) is 2.49. The number of aromatic amines is 1. The van der Waals surface area contributed by atoms with Crippen LogP contribution < -0.4 is 10.3 Å². The average molecular weight is 226 g/mol. The van der Waals surface area contributed by atoms with Crippen LogP contribution in [0.15, 0.2) is 23.0 Å². The molecule has 0 saturated carbocycles. The Morgan fingerprint density at radius 3 is 2.87 bits per heavy atom. The highest BCUT2D eigenvalue weighted by Crippen LogP contribution is 2.30. The maximum atomic E-state index is 11.2. The highest BCUT2D eigenvalue weighted by Gasteiger charge is 2.09. The molecule has 5 heteroatoms. The first kappa shape index (κ1) is 9.86. The van der Waals surface area contributed by atoms with Gasteiger partial charge in [0.05, 0.1) is 12.6 Å². The van der Waals surface area contributed by atoms with Gasteiger partial charge in [-0.15, -0.1) is 0 Å². The molecule has 15 heavy (non-hydrogen) atoms. The molecule has 0 spiro atoms. The number of methoxy groups -OCH3 is 1. The third kappa shape index (κ3) is 1.53. The van der Waals surface area contributed by atoms with Crippen molar-refractivity contribution in [3.8, 4) is 11.5 Å². The smallest absolute Gasteiger partial charge is 0.271 e. The third-order valence-electron chi connectivity index (χ3n) is 2.14. The molecule has 0 fully saturated rings. The minimum Gasteiger partial charge on any atom is -0.505 e. The molecular weight excluding hydrogens is 218 g/mol. The zero-order valence-corrected chi connectivity index (χ0v) is 8.63. The van der Waals surface area contributed by atoms with E-state index in [0.29, 0.717) is 16.7 Å². The summed E-state index contributed by atoms with van der Waals surface area (Å²) in [4.78, 5) is 13.8. The molecule has 0 atom stereocenters. The van der Waals surface area contributed by atoms with Crippen molar-refractivity contribution in [1.82, 2.24) is 4.98 Å². The van der Waals surface area contributed by atoms with Crippen LogP contribution >= 0.6 is 11.6 Å². The number of aromatic hydroxyl groups is 1. The van der Waals surface area contributed by atoms with E-state index < -0.39 is 5.56 Å². The molecule has 2 N–H and O–H groups in total. The molecule has 0 aliphatic carbocycles. The van der Waals surface area contributed by atoms with Crippen molar-refractivity contribution in [3.05, 3.63) is 33.6 Å². The topological polar surface area (TPSA) is 62.3 Å². The molecular formula is C10H8ClNO3. The van der Waals surface area contributed by atoms with Crippen LogP contribution in [0.3, 0.4) is 0 Å². The van der Waals surface area contributed by atoms with Gasteiger partial charge in [-0.05, 0) is 18.2 Å². The fraction of sp³-hybridized carbons (Fsp3) is 0.100. The number of rotatable bonds is 1. The Balaban J connectivity index is 2.87. The van der Waals surface area contributed by atoms with Gasteiger partial charge in [0.15, 0.2) is 0 Å². The lowest BCUT2D eigenvalue weighted by atomic mass is 10.2. The normalized spacial score (nSPS) is 10.5. The summed E-state index contributed by atoms with van der Waals surface area (Å²) >= 11 is 5.62. The van der Waals surface area contributed by atoms with Crippen LogP contribution in [0.25, 0.3) is 10.9 Å². The summed E-state index contributed by atoms with van der Waals surface area (Å²) in [6.45, 7) is 0. The quantitative estimate of drug-likeness (QED) is 0.779. The Hall–Kier alpha value is -1.68. The Kier molecular flexibility index (Phi) is 2.28. The van der Waals surface area contributed by atoms with Crippen LogP contribution in [-0.4, -0.2) is 17.2 Å².